The molecular formula is C13H18ClF2NO2S. The Morgan fingerprint density at radius 1 is 1.20 bits per heavy atom. The number of rotatable bonds is 7. The van der Waals surface area contributed by atoms with Crippen molar-refractivity contribution >= 4 is 27.1 Å². The molecule has 1 unspecified atom stereocenters. The van der Waals surface area contributed by atoms with Gasteiger partial charge in [-0.3, -0.25) is 0 Å². The van der Waals surface area contributed by atoms with Gasteiger partial charge in [-0.25, -0.2) is 8.42 Å². The fourth-order valence-electron chi connectivity index (χ4n) is 1.81. The summed E-state index contributed by atoms with van der Waals surface area (Å²) in [5.74, 6) is -2.53. The summed E-state index contributed by atoms with van der Waals surface area (Å²) in [6.45, 7) is 4.14. The van der Waals surface area contributed by atoms with Crippen molar-refractivity contribution in [2.45, 2.75) is 37.0 Å². The van der Waals surface area contributed by atoms with Gasteiger partial charge in [-0.15, -0.1) is 11.6 Å². The van der Waals surface area contributed by atoms with Crippen LogP contribution >= 0.6 is 11.6 Å². The second-order valence-electron chi connectivity index (χ2n) is 4.96. The van der Waals surface area contributed by atoms with Gasteiger partial charge in [0.2, 0.25) is 9.84 Å². The largest absolute Gasteiger partial charge is 0.381 e. The van der Waals surface area contributed by atoms with E-state index in [9.17, 15) is 17.2 Å². The molecular weight excluding hydrogens is 308 g/mol. The molecule has 0 aliphatic carbocycles. The average molecular weight is 326 g/mol. The van der Waals surface area contributed by atoms with Crippen LogP contribution in [0.3, 0.4) is 0 Å². The summed E-state index contributed by atoms with van der Waals surface area (Å²) in [6, 6.07) is 5.33. The minimum Gasteiger partial charge on any atom is -0.381 e. The molecule has 1 atom stereocenters. The molecule has 1 aromatic carbocycles. The second-order valence-corrected chi connectivity index (χ2v) is 7.18. The van der Waals surface area contributed by atoms with Crippen LogP contribution in [-0.2, 0) is 9.84 Å². The molecule has 7 heteroatoms. The van der Waals surface area contributed by atoms with Gasteiger partial charge >= 0.3 is 5.76 Å². The molecule has 0 aliphatic heterocycles. The molecule has 0 spiro atoms. The summed E-state index contributed by atoms with van der Waals surface area (Å²) in [4.78, 5) is -0.385. The summed E-state index contributed by atoms with van der Waals surface area (Å²) in [6.07, 6.45) is 0.862. The van der Waals surface area contributed by atoms with Crippen molar-refractivity contribution in [3.05, 3.63) is 24.3 Å². The van der Waals surface area contributed by atoms with Gasteiger partial charge < -0.3 is 5.32 Å². The maximum Gasteiger partial charge on any atom is 0.341 e. The molecule has 0 aliphatic rings. The third-order valence-electron chi connectivity index (χ3n) is 2.73. The lowest BCUT2D eigenvalue weighted by Gasteiger charge is -2.19. The highest BCUT2D eigenvalue weighted by Crippen LogP contribution is 2.21. The third-order valence-corrected chi connectivity index (χ3v) is 4.50. The Balaban J connectivity index is 2.81. The lowest BCUT2D eigenvalue weighted by Crippen LogP contribution is -2.23. The zero-order valence-corrected chi connectivity index (χ0v) is 12.9. The first-order chi connectivity index (χ1) is 9.27. The van der Waals surface area contributed by atoms with Crippen molar-refractivity contribution in [3.8, 4) is 0 Å². The first-order valence-corrected chi connectivity index (χ1v) is 8.30. The van der Waals surface area contributed by atoms with E-state index in [1.54, 1.807) is 0 Å². The van der Waals surface area contributed by atoms with E-state index in [0.717, 1.165) is 6.42 Å². The SMILES string of the molecule is CC(C)CC(CCl)Nc1ccc(S(=O)(=O)C(F)F)cc1. The summed E-state index contributed by atoms with van der Waals surface area (Å²) >= 11 is 5.85. The molecule has 114 valence electrons. The Labute approximate surface area is 123 Å². The van der Waals surface area contributed by atoms with E-state index in [0.29, 0.717) is 17.5 Å². The monoisotopic (exact) mass is 325 g/mol. The molecule has 1 aromatic rings. The third kappa shape index (κ3) is 4.59. The maximum atomic E-state index is 12.4. The predicted molar refractivity (Wildman–Crippen MR) is 77.2 cm³/mol. The summed E-state index contributed by atoms with van der Waals surface area (Å²) in [5.41, 5.74) is 0.657. The van der Waals surface area contributed by atoms with Gasteiger partial charge in [0.15, 0.2) is 0 Å². The Morgan fingerprint density at radius 3 is 2.15 bits per heavy atom. The van der Waals surface area contributed by atoms with Gasteiger partial charge in [0.1, 0.15) is 0 Å². The maximum absolute atomic E-state index is 12.4. The van der Waals surface area contributed by atoms with Crippen LogP contribution in [0, 0.1) is 5.92 Å². The standard InChI is InChI=1S/C13H18ClF2NO2S/c1-9(2)7-11(8-14)17-10-3-5-12(6-4-10)20(18,19)13(15)16/h3-6,9,11,13,17H,7-8H2,1-2H3. The molecule has 0 saturated carbocycles. The first kappa shape index (κ1) is 17.2. The van der Waals surface area contributed by atoms with Gasteiger partial charge in [-0.2, -0.15) is 8.78 Å². The Bertz CT molecular complexity index is 518. The highest BCUT2D eigenvalue weighted by Gasteiger charge is 2.26. The van der Waals surface area contributed by atoms with Gasteiger partial charge in [0.25, 0.3) is 0 Å². The van der Waals surface area contributed by atoms with Gasteiger partial charge in [0.05, 0.1) is 4.90 Å². The van der Waals surface area contributed by atoms with E-state index < -0.39 is 15.6 Å². The first-order valence-electron chi connectivity index (χ1n) is 6.22. The number of hydrogen-bond acceptors (Lipinski definition) is 3. The molecule has 0 saturated heterocycles. The fraction of sp³-hybridized carbons (Fsp3) is 0.538. The molecule has 0 heterocycles. The van der Waals surface area contributed by atoms with E-state index >= 15 is 0 Å². The number of alkyl halides is 3. The zero-order valence-electron chi connectivity index (χ0n) is 11.3. The number of anilines is 1. The Kier molecular flexibility index (Phi) is 6.20. The number of nitrogens with one attached hydrogen (secondary N) is 1. The van der Waals surface area contributed by atoms with Crippen LogP contribution in [-0.4, -0.2) is 26.1 Å². The van der Waals surface area contributed by atoms with Crippen LogP contribution in [0.2, 0.25) is 0 Å². The van der Waals surface area contributed by atoms with E-state index in [4.69, 9.17) is 11.6 Å². The van der Waals surface area contributed by atoms with Crippen molar-refractivity contribution in [2.75, 3.05) is 11.2 Å². The predicted octanol–water partition coefficient (Wildman–Crippen LogP) is 3.75. The van der Waals surface area contributed by atoms with E-state index in [2.05, 4.69) is 19.2 Å². The van der Waals surface area contributed by atoms with E-state index in [1.807, 2.05) is 0 Å². The highest BCUT2D eigenvalue weighted by molar-refractivity contribution is 7.91. The van der Waals surface area contributed by atoms with Gasteiger partial charge in [-0.1, -0.05) is 13.8 Å². The summed E-state index contributed by atoms with van der Waals surface area (Å²) in [5, 5.41) is 3.15. The van der Waals surface area contributed by atoms with E-state index in [1.165, 1.54) is 24.3 Å². The highest BCUT2D eigenvalue weighted by atomic mass is 35.5. The van der Waals surface area contributed by atoms with Crippen LogP contribution in [0.1, 0.15) is 20.3 Å². The molecule has 0 amide bonds. The fourth-order valence-corrected chi connectivity index (χ4v) is 2.73. The van der Waals surface area contributed by atoms with Crippen LogP contribution in [0.15, 0.2) is 29.2 Å². The molecule has 0 bridgehead atoms. The van der Waals surface area contributed by atoms with Gasteiger partial charge in [-0.05, 0) is 36.6 Å². The van der Waals surface area contributed by atoms with Crippen LogP contribution in [0.25, 0.3) is 0 Å². The minimum absolute atomic E-state index is 0.0502. The normalized spacial score (nSPS) is 13.8. The molecule has 0 fully saturated rings. The summed E-state index contributed by atoms with van der Waals surface area (Å²) in [7, 11) is -4.53. The Morgan fingerprint density at radius 2 is 1.75 bits per heavy atom. The molecule has 0 radical (unpaired) electrons. The minimum atomic E-state index is -4.53. The topological polar surface area (TPSA) is 46.2 Å². The number of benzene rings is 1. The molecule has 1 N–H and O–H groups in total. The molecule has 3 nitrogen and oxygen atoms in total. The lowest BCUT2D eigenvalue weighted by molar-refractivity contribution is 0.234. The Hall–Kier alpha value is -0.880. The number of hydrogen-bond donors (Lipinski definition) is 1. The number of halogens is 3. The molecule has 0 aromatic heterocycles. The van der Waals surface area contributed by atoms with Crippen molar-refractivity contribution in [1.29, 1.82) is 0 Å². The summed E-state index contributed by atoms with van der Waals surface area (Å²) < 4.78 is 47.3. The van der Waals surface area contributed by atoms with Gasteiger partial charge in [0, 0.05) is 17.6 Å². The number of sulfone groups is 1. The zero-order chi connectivity index (χ0) is 15.3. The molecule has 20 heavy (non-hydrogen) atoms. The van der Waals surface area contributed by atoms with Crippen molar-refractivity contribution in [1.82, 2.24) is 0 Å². The molecule has 1 rings (SSSR count). The van der Waals surface area contributed by atoms with Crippen LogP contribution in [0.5, 0.6) is 0 Å². The quantitative estimate of drug-likeness (QED) is 0.777. The van der Waals surface area contributed by atoms with Crippen LogP contribution < -0.4 is 5.32 Å². The average Bonchev–Trinajstić information content (AvgIpc) is 2.37. The smallest absolute Gasteiger partial charge is 0.341 e. The second kappa shape index (κ2) is 7.22. The van der Waals surface area contributed by atoms with Crippen molar-refractivity contribution in [3.63, 3.8) is 0 Å². The lowest BCUT2D eigenvalue weighted by atomic mass is 10.0. The van der Waals surface area contributed by atoms with Crippen LogP contribution in [0.4, 0.5) is 14.5 Å². The van der Waals surface area contributed by atoms with E-state index in [-0.39, 0.29) is 10.9 Å². The van der Waals surface area contributed by atoms with Crippen molar-refractivity contribution < 1.29 is 17.2 Å². The van der Waals surface area contributed by atoms with Crippen molar-refractivity contribution in [2.24, 2.45) is 5.92 Å².